The molecule has 1 aromatic carbocycles. The number of amides is 1. The standard InChI is InChI=1S/C16H17N3O4S/c1-22-8-4-5-11(23-2)9(6-8)10-7-12(20)17-14-13(10)15(21)19-16(18-14)24-3/h4-6,10H,7H2,1-3H3,(H2,17,18,19,20,21). The van der Waals surface area contributed by atoms with Gasteiger partial charge in [0.2, 0.25) is 5.91 Å². The zero-order chi connectivity index (χ0) is 17.3. The molecule has 0 fully saturated rings. The largest absolute Gasteiger partial charge is 0.497 e. The van der Waals surface area contributed by atoms with Crippen LogP contribution in [0.1, 0.15) is 23.5 Å². The van der Waals surface area contributed by atoms with E-state index in [9.17, 15) is 9.59 Å². The highest BCUT2D eigenvalue weighted by Crippen LogP contribution is 2.40. The summed E-state index contributed by atoms with van der Waals surface area (Å²) in [7, 11) is 3.11. The highest BCUT2D eigenvalue weighted by Gasteiger charge is 2.32. The molecule has 2 heterocycles. The van der Waals surface area contributed by atoms with Crippen molar-refractivity contribution in [3.63, 3.8) is 0 Å². The molecule has 1 aromatic heterocycles. The molecule has 7 nitrogen and oxygen atoms in total. The first-order chi connectivity index (χ1) is 11.6. The van der Waals surface area contributed by atoms with E-state index in [2.05, 4.69) is 15.3 Å². The van der Waals surface area contributed by atoms with Gasteiger partial charge in [0, 0.05) is 17.9 Å². The number of ether oxygens (including phenoxy) is 2. The van der Waals surface area contributed by atoms with Crippen LogP contribution in [0.25, 0.3) is 0 Å². The molecule has 3 rings (SSSR count). The molecule has 1 atom stereocenters. The molecule has 0 radical (unpaired) electrons. The highest BCUT2D eigenvalue weighted by molar-refractivity contribution is 7.98. The van der Waals surface area contributed by atoms with Crippen LogP contribution in [0.4, 0.5) is 5.82 Å². The van der Waals surface area contributed by atoms with Gasteiger partial charge in [-0.05, 0) is 24.5 Å². The third-order valence-electron chi connectivity index (χ3n) is 3.93. The van der Waals surface area contributed by atoms with Crippen molar-refractivity contribution in [2.24, 2.45) is 0 Å². The lowest BCUT2D eigenvalue weighted by atomic mass is 9.86. The molecule has 1 amide bonds. The molecule has 24 heavy (non-hydrogen) atoms. The van der Waals surface area contributed by atoms with Crippen LogP contribution in [0.15, 0.2) is 28.2 Å². The third-order valence-corrected chi connectivity index (χ3v) is 4.52. The van der Waals surface area contributed by atoms with Crippen LogP contribution >= 0.6 is 11.8 Å². The van der Waals surface area contributed by atoms with E-state index >= 15 is 0 Å². The normalized spacial score (nSPS) is 16.3. The molecule has 2 N–H and O–H groups in total. The van der Waals surface area contributed by atoms with Crippen molar-refractivity contribution >= 4 is 23.5 Å². The summed E-state index contributed by atoms with van der Waals surface area (Å²) in [6.45, 7) is 0. The molecular formula is C16H17N3O4S. The van der Waals surface area contributed by atoms with Crippen LogP contribution in [0.3, 0.4) is 0 Å². The number of thioether (sulfide) groups is 1. The van der Waals surface area contributed by atoms with Gasteiger partial charge in [0.15, 0.2) is 5.16 Å². The molecule has 0 saturated heterocycles. The van der Waals surface area contributed by atoms with E-state index in [1.165, 1.54) is 11.8 Å². The summed E-state index contributed by atoms with van der Waals surface area (Å²) in [5.41, 5.74) is 0.885. The third kappa shape index (κ3) is 2.84. The first kappa shape index (κ1) is 16.4. The number of nitrogens with one attached hydrogen (secondary N) is 2. The van der Waals surface area contributed by atoms with Crippen molar-refractivity contribution in [3.05, 3.63) is 39.7 Å². The number of methoxy groups -OCH3 is 2. The Morgan fingerprint density at radius 2 is 2.04 bits per heavy atom. The topological polar surface area (TPSA) is 93.3 Å². The molecule has 0 saturated carbocycles. The van der Waals surface area contributed by atoms with Gasteiger partial charge in [-0.2, -0.15) is 0 Å². The maximum Gasteiger partial charge on any atom is 0.257 e. The summed E-state index contributed by atoms with van der Waals surface area (Å²) in [6.07, 6.45) is 1.94. The predicted molar refractivity (Wildman–Crippen MR) is 91.3 cm³/mol. The Balaban J connectivity index is 2.21. The zero-order valence-corrected chi connectivity index (χ0v) is 14.3. The highest BCUT2D eigenvalue weighted by atomic mass is 32.2. The van der Waals surface area contributed by atoms with Crippen LogP contribution in [0.5, 0.6) is 11.5 Å². The minimum absolute atomic E-state index is 0.139. The molecule has 1 aliphatic heterocycles. The summed E-state index contributed by atoms with van der Waals surface area (Å²) < 4.78 is 10.7. The number of H-pyrrole nitrogens is 1. The van der Waals surface area contributed by atoms with Gasteiger partial charge in [0.25, 0.3) is 5.56 Å². The van der Waals surface area contributed by atoms with E-state index in [0.717, 1.165) is 5.56 Å². The zero-order valence-electron chi connectivity index (χ0n) is 13.5. The van der Waals surface area contributed by atoms with Crippen molar-refractivity contribution in [2.75, 3.05) is 25.8 Å². The Morgan fingerprint density at radius 3 is 2.71 bits per heavy atom. The van der Waals surface area contributed by atoms with Gasteiger partial charge in [-0.25, -0.2) is 4.98 Å². The van der Waals surface area contributed by atoms with Crippen molar-refractivity contribution in [1.82, 2.24) is 9.97 Å². The smallest absolute Gasteiger partial charge is 0.257 e. The van der Waals surface area contributed by atoms with E-state index in [-0.39, 0.29) is 17.9 Å². The number of carbonyl (C=O) groups is 1. The van der Waals surface area contributed by atoms with E-state index in [1.54, 1.807) is 38.7 Å². The van der Waals surface area contributed by atoms with Crippen molar-refractivity contribution in [3.8, 4) is 11.5 Å². The van der Waals surface area contributed by atoms with E-state index < -0.39 is 5.92 Å². The first-order valence-electron chi connectivity index (χ1n) is 7.27. The molecule has 0 bridgehead atoms. The van der Waals surface area contributed by atoms with Gasteiger partial charge >= 0.3 is 0 Å². The lowest BCUT2D eigenvalue weighted by molar-refractivity contribution is -0.116. The van der Waals surface area contributed by atoms with Crippen molar-refractivity contribution < 1.29 is 14.3 Å². The quantitative estimate of drug-likeness (QED) is 0.649. The minimum atomic E-state index is -0.453. The van der Waals surface area contributed by atoms with Gasteiger partial charge < -0.3 is 19.8 Å². The second-order valence-electron chi connectivity index (χ2n) is 5.25. The molecule has 0 aliphatic carbocycles. The van der Waals surface area contributed by atoms with Crippen LogP contribution in [-0.2, 0) is 4.79 Å². The monoisotopic (exact) mass is 347 g/mol. The fourth-order valence-electron chi connectivity index (χ4n) is 2.82. The van der Waals surface area contributed by atoms with Crippen molar-refractivity contribution in [1.29, 1.82) is 0 Å². The molecular weight excluding hydrogens is 330 g/mol. The van der Waals surface area contributed by atoms with Crippen molar-refractivity contribution in [2.45, 2.75) is 17.5 Å². The summed E-state index contributed by atoms with van der Waals surface area (Å²) in [6, 6.07) is 5.32. The van der Waals surface area contributed by atoms with E-state index in [4.69, 9.17) is 9.47 Å². The minimum Gasteiger partial charge on any atom is -0.497 e. The number of carbonyl (C=O) groups excluding carboxylic acids is 1. The average Bonchev–Trinajstić information content (AvgIpc) is 2.59. The number of fused-ring (bicyclic) bond motifs is 1. The van der Waals surface area contributed by atoms with Crippen LogP contribution in [0, 0.1) is 0 Å². The first-order valence-corrected chi connectivity index (χ1v) is 8.49. The summed E-state index contributed by atoms with van der Waals surface area (Å²) in [5, 5.41) is 3.14. The number of anilines is 1. The summed E-state index contributed by atoms with van der Waals surface area (Å²) >= 11 is 1.31. The van der Waals surface area contributed by atoms with Crippen LogP contribution in [-0.4, -0.2) is 36.4 Å². The van der Waals surface area contributed by atoms with Crippen LogP contribution < -0.4 is 20.3 Å². The fraction of sp³-hybridized carbons (Fsp3) is 0.312. The predicted octanol–water partition coefficient (Wildman–Crippen LogP) is 1.98. The summed E-state index contributed by atoms with van der Waals surface area (Å²) in [5.74, 6) is 0.876. The number of hydrogen-bond donors (Lipinski definition) is 2. The molecule has 1 aliphatic rings. The molecule has 1 unspecified atom stereocenters. The molecule has 8 heteroatoms. The van der Waals surface area contributed by atoms with Gasteiger partial charge in [-0.3, -0.25) is 9.59 Å². The number of aromatic amines is 1. The number of benzene rings is 1. The Labute approximate surface area is 142 Å². The number of rotatable bonds is 4. The Hall–Kier alpha value is -2.48. The maximum absolute atomic E-state index is 12.6. The molecule has 2 aromatic rings. The van der Waals surface area contributed by atoms with Gasteiger partial charge in [0.05, 0.1) is 19.8 Å². The van der Waals surface area contributed by atoms with Gasteiger partial charge in [0.1, 0.15) is 17.3 Å². The van der Waals surface area contributed by atoms with Crippen LogP contribution in [0.2, 0.25) is 0 Å². The summed E-state index contributed by atoms with van der Waals surface area (Å²) in [4.78, 5) is 31.7. The lowest BCUT2D eigenvalue weighted by Crippen LogP contribution is -2.31. The maximum atomic E-state index is 12.6. The Morgan fingerprint density at radius 1 is 1.25 bits per heavy atom. The fourth-order valence-corrected chi connectivity index (χ4v) is 3.20. The van der Waals surface area contributed by atoms with Gasteiger partial charge in [-0.1, -0.05) is 11.8 Å². The Bertz CT molecular complexity index is 850. The number of aromatic nitrogens is 2. The lowest BCUT2D eigenvalue weighted by Gasteiger charge is -2.26. The second-order valence-corrected chi connectivity index (χ2v) is 6.05. The SMILES string of the molecule is COc1ccc(OC)c(C2CC(=O)Nc3nc(SC)[nH]c(=O)c32)c1. The number of hydrogen-bond acceptors (Lipinski definition) is 6. The van der Waals surface area contributed by atoms with E-state index in [1.807, 2.05) is 0 Å². The van der Waals surface area contributed by atoms with Gasteiger partial charge in [-0.15, -0.1) is 0 Å². The second kappa shape index (κ2) is 6.56. The Kier molecular flexibility index (Phi) is 4.48. The molecule has 0 spiro atoms. The number of nitrogens with zero attached hydrogens (tertiary/aromatic N) is 1. The molecule has 126 valence electrons. The van der Waals surface area contributed by atoms with E-state index in [0.29, 0.717) is 28.0 Å². The average molecular weight is 347 g/mol.